The summed E-state index contributed by atoms with van der Waals surface area (Å²) in [5.41, 5.74) is 1.46. The van der Waals surface area contributed by atoms with Crippen molar-refractivity contribution in [2.45, 2.75) is 0 Å². The fourth-order valence-corrected chi connectivity index (χ4v) is 1.91. The van der Waals surface area contributed by atoms with Crippen LogP contribution in [0.5, 0.6) is 0 Å². The number of ketones is 1. The first-order valence-electron chi connectivity index (χ1n) is 5.39. The Labute approximate surface area is 116 Å². The number of hydrogen-bond donors (Lipinski definition) is 0. The lowest BCUT2D eigenvalue weighted by molar-refractivity contribution is 0.104. The maximum Gasteiger partial charge on any atom is 0.185 e. The highest BCUT2D eigenvalue weighted by molar-refractivity contribution is 6.31. The normalized spacial score (nSPS) is 10.8. The molecule has 0 saturated heterocycles. The first kappa shape index (κ1) is 12.9. The van der Waals surface area contributed by atoms with Gasteiger partial charge in [-0.3, -0.25) is 4.79 Å². The van der Waals surface area contributed by atoms with Crippen molar-refractivity contribution in [1.82, 2.24) is 0 Å². The van der Waals surface area contributed by atoms with Crippen LogP contribution in [0.15, 0.2) is 54.6 Å². The average Bonchev–Trinajstić information content (AvgIpc) is 2.36. The fourth-order valence-electron chi connectivity index (χ4n) is 1.52. The smallest absolute Gasteiger partial charge is 0.185 e. The third-order valence-electron chi connectivity index (χ3n) is 2.38. The zero-order valence-electron chi connectivity index (χ0n) is 9.44. The summed E-state index contributed by atoms with van der Waals surface area (Å²) in [4.78, 5) is 11.9. The van der Waals surface area contributed by atoms with Crippen LogP contribution in [0.3, 0.4) is 0 Å². The third kappa shape index (κ3) is 3.46. The molecule has 0 amide bonds. The van der Waals surface area contributed by atoms with Gasteiger partial charge < -0.3 is 0 Å². The predicted molar refractivity (Wildman–Crippen MR) is 76.3 cm³/mol. The summed E-state index contributed by atoms with van der Waals surface area (Å²) < 4.78 is 0. The second kappa shape index (κ2) is 5.85. The number of carbonyl (C=O) groups excluding carboxylic acids is 1. The van der Waals surface area contributed by atoms with Gasteiger partial charge in [-0.25, -0.2) is 0 Å². The molecule has 0 aliphatic heterocycles. The van der Waals surface area contributed by atoms with E-state index in [2.05, 4.69) is 0 Å². The molecule has 2 aromatic rings. The highest BCUT2D eigenvalue weighted by Crippen LogP contribution is 2.14. The Morgan fingerprint density at radius 2 is 1.61 bits per heavy atom. The molecule has 2 aromatic carbocycles. The van der Waals surface area contributed by atoms with Gasteiger partial charge >= 0.3 is 0 Å². The van der Waals surface area contributed by atoms with Crippen LogP contribution >= 0.6 is 23.2 Å². The van der Waals surface area contributed by atoms with Crippen LogP contribution in [-0.2, 0) is 0 Å². The van der Waals surface area contributed by atoms with Gasteiger partial charge in [0.05, 0.1) is 0 Å². The third-order valence-corrected chi connectivity index (χ3v) is 2.86. The summed E-state index contributed by atoms with van der Waals surface area (Å²) in [6, 6.07) is 14.2. The van der Waals surface area contributed by atoms with E-state index in [1.165, 1.54) is 6.08 Å². The molecule has 0 N–H and O–H groups in total. The van der Waals surface area contributed by atoms with Gasteiger partial charge in [0, 0.05) is 15.6 Å². The summed E-state index contributed by atoms with van der Waals surface area (Å²) in [7, 11) is 0. The molecule has 0 atom stereocenters. The van der Waals surface area contributed by atoms with Gasteiger partial charge in [0.15, 0.2) is 5.78 Å². The molecule has 0 unspecified atom stereocenters. The minimum Gasteiger partial charge on any atom is -0.289 e. The molecule has 0 aliphatic rings. The van der Waals surface area contributed by atoms with Crippen molar-refractivity contribution in [3.05, 3.63) is 75.8 Å². The molecular formula is C15H10Cl2O. The van der Waals surface area contributed by atoms with Crippen molar-refractivity contribution < 1.29 is 4.79 Å². The molecule has 0 radical (unpaired) electrons. The van der Waals surface area contributed by atoms with Gasteiger partial charge in [0.25, 0.3) is 0 Å². The molecule has 0 aromatic heterocycles. The van der Waals surface area contributed by atoms with Gasteiger partial charge in [-0.15, -0.1) is 0 Å². The second-order valence-corrected chi connectivity index (χ2v) is 4.64. The van der Waals surface area contributed by atoms with Crippen molar-refractivity contribution in [1.29, 1.82) is 0 Å². The highest BCUT2D eigenvalue weighted by atomic mass is 35.5. The lowest BCUT2D eigenvalue weighted by atomic mass is 10.1. The topological polar surface area (TPSA) is 17.1 Å². The van der Waals surface area contributed by atoms with E-state index in [0.29, 0.717) is 15.6 Å². The molecule has 0 saturated carbocycles. The first-order chi connectivity index (χ1) is 8.65. The standard InChI is InChI=1S/C15H10Cl2O/c16-13-5-1-3-11(9-13)7-8-15(18)12-4-2-6-14(17)10-12/h1-10H/b8-7+. The van der Waals surface area contributed by atoms with Crippen LogP contribution < -0.4 is 0 Å². The monoisotopic (exact) mass is 276 g/mol. The van der Waals surface area contributed by atoms with E-state index in [9.17, 15) is 4.79 Å². The van der Waals surface area contributed by atoms with E-state index in [1.807, 2.05) is 12.1 Å². The quantitative estimate of drug-likeness (QED) is 0.576. The SMILES string of the molecule is O=C(/C=C/c1cccc(Cl)c1)c1cccc(Cl)c1. The Kier molecular flexibility index (Phi) is 4.19. The second-order valence-electron chi connectivity index (χ2n) is 3.76. The number of carbonyl (C=O) groups is 1. The highest BCUT2D eigenvalue weighted by Gasteiger charge is 2.01. The van der Waals surface area contributed by atoms with Gasteiger partial charge in [-0.05, 0) is 35.9 Å². The van der Waals surface area contributed by atoms with Gasteiger partial charge in [0.1, 0.15) is 0 Å². The molecule has 0 fully saturated rings. The summed E-state index contributed by atoms with van der Waals surface area (Å²) >= 11 is 11.7. The molecule has 0 heterocycles. The molecule has 2 rings (SSSR count). The Bertz CT molecular complexity index is 603. The van der Waals surface area contributed by atoms with Crippen molar-refractivity contribution in [2.75, 3.05) is 0 Å². The Balaban J connectivity index is 2.17. The number of allylic oxidation sites excluding steroid dienone is 1. The van der Waals surface area contributed by atoms with Crippen LogP contribution in [0, 0.1) is 0 Å². The van der Waals surface area contributed by atoms with Gasteiger partial charge in [0.2, 0.25) is 0 Å². The molecule has 1 nitrogen and oxygen atoms in total. The molecule has 0 spiro atoms. The molecule has 3 heteroatoms. The van der Waals surface area contributed by atoms with E-state index in [1.54, 1.807) is 42.5 Å². The minimum absolute atomic E-state index is 0.0857. The van der Waals surface area contributed by atoms with Crippen molar-refractivity contribution in [3.63, 3.8) is 0 Å². The summed E-state index contributed by atoms with van der Waals surface area (Å²) in [6.45, 7) is 0. The summed E-state index contributed by atoms with van der Waals surface area (Å²) in [5.74, 6) is -0.0857. The number of rotatable bonds is 3. The zero-order valence-corrected chi connectivity index (χ0v) is 10.9. The van der Waals surface area contributed by atoms with Crippen molar-refractivity contribution >= 4 is 35.1 Å². The fraction of sp³-hybridized carbons (Fsp3) is 0. The Hall–Kier alpha value is -1.57. The Morgan fingerprint density at radius 1 is 0.944 bits per heavy atom. The van der Waals surface area contributed by atoms with Crippen molar-refractivity contribution in [3.8, 4) is 0 Å². The number of benzene rings is 2. The van der Waals surface area contributed by atoms with E-state index < -0.39 is 0 Å². The molecule has 0 bridgehead atoms. The molecular weight excluding hydrogens is 267 g/mol. The predicted octanol–water partition coefficient (Wildman–Crippen LogP) is 4.89. The summed E-state index contributed by atoms with van der Waals surface area (Å²) in [6.07, 6.45) is 3.24. The maximum absolute atomic E-state index is 11.9. The zero-order chi connectivity index (χ0) is 13.0. The molecule has 90 valence electrons. The lowest BCUT2D eigenvalue weighted by Gasteiger charge is -1.97. The van der Waals surface area contributed by atoms with E-state index >= 15 is 0 Å². The van der Waals surface area contributed by atoms with Gasteiger partial charge in [-0.2, -0.15) is 0 Å². The molecule has 0 aliphatic carbocycles. The van der Waals surface area contributed by atoms with E-state index in [-0.39, 0.29) is 5.78 Å². The average molecular weight is 277 g/mol. The van der Waals surface area contributed by atoms with Crippen LogP contribution in [0.1, 0.15) is 15.9 Å². The van der Waals surface area contributed by atoms with E-state index in [4.69, 9.17) is 23.2 Å². The number of halogens is 2. The van der Waals surface area contributed by atoms with Crippen LogP contribution in [0.2, 0.25) is 10.0 Å². The largest absolute Gasteiger partial charge is 0.289 e. The van der Waals surface area contributed by atoms with Crippen LogP contribution in [0.4, 0.5) is 0 Å². The Morgan fingerprint density at radius 3 is 2.28 bits per heavy atom. The van der Waals surface area contributed by atoms with Gasteiger partial charge in [-0.1, -0.05) is 53.5 Å². The van der Waals surface area contributed by atoms with Crippen LogP contribution in [-0.4, -0.2) is 5.78 Å². The first-order valence-corrected chi connectivity index (χ1v) is 6.14. The summed E-state index contributed by atoms with van der Waals surface area (Å²) in [5, 5.41) is 1.20. The maximum atomic E-state index is 11.9. The number of hydrogen-bond acceptors (Lipinski definition) is 1. The van der Waals surface area contributed by atoms with Crippen LogP contribution in [0.25, 0.3) is 6.08 Å². The van der Waals surface area contributed by atoms with E-state index in [0.717, 1.165) is 5.56 Å². The minimum atomic E-state index is -0.0857. The van der Waals surface area contributed by atoms with Crippen molar-refractivity contribution in [2.24, 2.45) is 0 Å². The molecule has 18 heavy (non-hydrogen) atoms. The lowest BCUT2D eigenvalue weighted by Crippen LogP contribution is -1.93.